The molecule has 0 aromatic heterocycles. The molecule has 0 aliphatic rings. The molecule has 1 unspecified atom stereocenters. The van der Waals surface area contributed by atoms with Crippen LogP contribution in [0.15, 0.2) is 0 Å². The summed E-state index contributed by atoms with van der Waals surface area (Å²) in [5.74, 6) is -0.341. The molecule has 1 amide bonds. The highest BCUT2D eigenvalue weighted by atomic mass is 16.5. The zero-order valence-electron chi connectivity index (χ0n) is 11.0. The number of amides is 1. The quantitative estimate of drug-likeness (QED) is 0.607. The molecule has 0 aliphatic heterocycles. The Labute approximate surface area is 98.3 Å². The molecule has 0 rings (SSSR count). The van der Waals surface area contributed by atoms with Crippen molar-refractivity contribution in [1.29, 1.82) is 0 Å². The molecular formula is C11H25N3O2. The van der Waals surface area contributed by atoms with Gasteiger partial charge in [0.2, 0.25) is 5.91 Å². The molecule has 3 N–H and O–H groups in total. The van der Waals surface area contributed by atoms with Gasteiger partial charge in [0.05, 0.1) is 12.7 Å². The average molecular weight is 231 g/mol. The number of carbonyl (C=O) groups excluding carboxylic acids is 1. The van der Waals surface area contributed by atoms with Gasteiger partial charge in [-0.2, -0.15) is 0 Å². The third kappa shape index (κ3) is 5.44. The first-order chi connectivity index (χ1) is 7.31. The van der Waals surface area contributed by atoms with Gasteiger partial charge in [0, 0.05) is 13.1 Å². The van der Waals surface area contributed by atoms with Crippen LogP contribution in [0.25, 0.3) is 0 Å². The Kier molecular flexibility index (Phi) is 6.55. The minimum atomic E-state index is -0.688. The molecule has 0 heterocycles. The zero-order chi connectivity index (χ0) is 12.8. The third-order valence-electron chi connectivity index (χ3n) is 2.61. The average Bonchev–Trinajstić information content (AvgIpc) is 2.16. The summed E-state index contributed by atoms with van der Waals surface area (Å²) < 4.78 is 5.44. The number of likely N-dealkylation sites (N-methyl/N-ethyl adjacent to an activating group) is 2. The second-order valence-electron chi connectivity index (χ2n) is 4.60. The van der Waals surface area contributed by atoms with Crippen LogP contribution in [-0.4, -0.2) is 56.2 Å². The van der Waals surface area contributed by atoms with Gasteiger partial charge in [-0.1, -0.05) is 0 Å². The maximum Gasteiger partial charge on any atom is 0.238 e. The summed E-state index contributed by atoms with van der Waals surface area (Å²) in [7, 11) is 3.69. The lowest BCUT2D eigenvalue weighted by Gasteiger charge is -2.30. The smallest absolute Gasteiger partial charge is 0.238 e. The molecule has 0 saturated carbocycles. The van der Waals surface area contributed by atoms with Gasteiger partial charge in [-0.25, -0.2) is 0 Å². The summed E-state index contributed by atoms with van der Waals surface area (Å²) >= 11 is 0. The summed E-state index contributed by atoms with van der Waals surface area (Å²) in [4.78, 5) is 13.3. The molecule has 0 fully saturated rings. The van der Waals surface area contributed by atoms with E-state index in [1.54, 1.807) is 14.0 Å². The van der Waals surface area contributed by atoms with E-state index in [0.717, 1.165) is 6.54 Å². The van der Waals surface area contributed by atoms with E-state index >= 15 is 0 Å². The Bertz CT molecular complexity index is 221. The standard InChI is InChI=1S/C11H25N3O2/c1-9(2)16-7-6-14(5)8-11(3,13-4)10(12)15/h9,13H,6-8H2,1-5H3,(H2,12,15). The highest BCUT2D eigenvalue weighted by Gasteiger charge is 2.30. The van der Waals surface area contributed by atoms with Crippen LogP contribution >= 0.6 is 0 Å². The topological polar surface area (TPSA) is 67.6 Å². The van der Waals surface area contributed by atoms with E-state index in [1.165, 1.54) is 0 Å². The lowest BCUT2D eigenvalue weighted by Crippen LogP contribution is -2.58. The van der Waals surface area contributed by atoms with Crippen LogP contribution in [0.4, 0.5) is 0 Å². The number of nitrogens with one attached hydrogen (secondary N) is 1. The van der Waals surface area contributed by atoms with E-state index in [2.05, 4.69) is 5.32 Å². The molecule has 0 aliphatic carbocycles. The Balaban J connectivity index is 4.02. The van der Waals surface area contributed by atoms with Gasteiger partial charge >= 0.3 is 0 Å². The van der Waals surface area contributed by atoms with Gasteiger partial charge in [-0.3, -0.25) is 4.79 Å². The van der Waals surface area contributed by atoms with E-state index in [9.17, 15) is 4.79 Å². The van der Waals surface area contributed by atoms with Gasteiger partial charge < -0.3 is 20.7 Å². The summed E-state index contributed by atoms with van der Waals surface area (Å²) in [5.41, 5.74) is 4.66. The van der Waals surface area contributed by atoms with Gasteiger partial charge in [-0.15, -0.1) is 0 Å². The van der Waals surface area contributed by atoms with Gasteiger partial charge in [-0.05, 0) is 34.9 Å². The number of nitrogens with two attached hydrogens (primary N) is 1. The molecule has 0 spiro atoms. The fourth-order valence-electron chi connectivity index (χ4n) is 1.34. The lowest BCUT2D eigenvalue weighted by atomic mass is 10.0. The fraction of sp³-hybridized carbons (Fsp3) is 0.909. The normalized spacial score (nSPS) is 15.4. The van der Waals surface area contributed by atoms with Gasteiger partial charge in [0.15, 0.2) is 0 Å². The van der Waals surface area contributed by atoms with Crippen LogP contribution in [0.3, 0.4) is 0 Å². The number of primary amides is 1. The van der Waals surface area contributed by atoms with Crippen molar-refractivity contribution in [3.05, 3.63) is 0 Å². The van der Waals surface area contributed by atoms with Crippen molar-refractivity contribution in [3.8, 4) is 0 Å². The molecule has 0 aromatic rings. The molecule has 96 valence electrons. The van der Waals surface area contributed by atoms with Crippen molar-refractivity contribution in [2.45, 2.75) is 32.4 Å². The molecule has 0 radical (unpaired) electrons. The van der Waals surface area contributed by atoms with Crippen LogP contribution in [0.2, 0.25) is 0 Å². The Morgan fingerprint density at radius 1 is 1.56 bits per heavy atom. The predicted octanol–water partition coefficient (Wildman–Crippen LogP) is -0.193. The summed E-state index contributed by atoms with van der Waals surface area (Å²) in [6.45, 7) is 7.81. The SMILES string of the molecule is CNC(C)(CN(C)CCOC(C)C)C(N)=O. The summed E-state index contributed by atoms with van der Waals surface area (Å²) in [6, 6.07) is 0. The first-order valence-electron chi connectivity index (χ1n) is 5.61. The molecule has 5 heteroatoms. The van der Waals surface area contributed by atoms with Crippen LogP contribution in [0.1, 0.15) is 20.8 Å². The molecular weight excluding hydrogens is 206 g/mol. The van der Waals surface area contributed by atoms with E-state index in [1.807, 2.05) is 25.8 Å². The Morgan fingerprint density at radius 2 is 2.12 bits per heavy atom. The third-order valence-corrected chi connectivity index (χ3v) is 2.61. The van der Waals surface area contributed by atoms with Crippen LogP contribution in [0.5, 0.6) is 0 Å². The van der Waals surface area contributed by atoms with Crippen molar-refractivity contribution in [1.82, 2.24) is 10.2 Å². The predicted molar refractivity (Wildman–Crippen MR) is 65.2 cm³/mol. The highest BCUT2D eigenvalue weighted by Crippen LogP contribution is 2.04. The van der Waals surface area contributed by atoms with Crippen LogP contribution in [-0.2, 0) is 9.53 Å². The Hall–Kier alpha value is -0.650. The molecule has 0 aromatic carbocycles. The van der Waals surface area contributed by atoms with Gasteiger partial charge in [0.1, 0.15) is 5.54 Å². The van der Waals surface area contributed by atoms with Gasteiger partial charge in [0.25, 0.3) is 0 Å². The van der Waals surface area contributed by atoms with Crippen molar-refractivity contribution in [2.24, 2.45) is 5.73 Å². The Morgan fingerprint density at radius 3 is 2.50 bits per heavy atom. The first kappa shape index (κ1) is 15.3. The number of ether oxygens (including phenoxy) is 1. The minimum Gasteiger partial charge on any atom is -0.377 e. The van der Waals surface area contributed by atoms with Crippen LogP contribution < -0.4 is 11.1 Å². The highest BCUT2D eigenvalue weighted by molar-refractivity contribution is 5.84. The number of hydrogen-bond donors (Lipinski definition) is 2. The largest absolute Gasteiger partial charge is 0.377 e. The lowest BCUT2D eigenvalue weighted by molar-refractivity contribution is -0.124. The fourth-order valence-corrected chi connectivity index (χ4v) is 1.34. The maximum absolute atomic E-state index is 11.3. The maximum atomic E-state index is 11.3. The second kappa shape index (κ2) is 6.83. The monoisotopic (exact) mass is 231 g/mol. The number of nitrogens with zero attached hydrogens (tertiary/aromatic N) is 1. The minimum absolute atomic E-state index is 0.236. The van der Waals surface area contributed by atoms with Crippen molar-refractivity contribution >= 4 is 5.91 Å². The number of hydrogen-bond acceptors (Lipinski definition) is 4. The molecule has 16 heavy (non-hydrogen) atoms. The van der Waals surface area contributed by atoms with E-state index in [-0.39, 0.29) is 12.0 Å². The molecule has 0 bridgehead atoms. The summed E-state index contributed by atoms with van der Waals surface area (Å²) in [5, 5.41) is 2.95. The van der Waals surface area contributed by atoms with Crippen molar-refractivity contribution in [2.75, 3.05) is 33.8 Å². The van der Waals surface area contributed by atoms with E-state index in [4.69, 9.17) is 10.5 Å². The van der Waals surface area contributed by atoms with Crippen molar-refractivity contribution in [3.63, 3.8) is 0 Å². The molecule has 1 atom stereocenters. The molecule has 5 nitrogen and oxygen atoms in total. The van der Waals surface area contributed by atoms with Crippen molar-refractivity contribution < 1.29 is 9.53 Å². The zero-order valence-corrected chi connectivity index (χ0v) is 11.0. The first-order valence-corrected chi connectivity index (χ1v) is 5.61. The van der Waals surface area contributed by atoms with E-state index in [0.29, 0.717) is 13.2 Å². The number of carbonyl (C=O) groups is 1. The summed E-state index contributed by atoms with van der Waals surface area (Å²) in [6.07, 6.45) is 0.236. The second-order valence-corrected chi connectivity index (χ2v) is 4.60. The molecule has 0 saturated heterocycles. The number of rotatable bonds is 8. The van der Waals surface area contributed by atoms with E-state index < -0.39 is 5.54 Å². The van der Waals surface area contributed by atoms with Crippen LogP contribution in [0, 0.1) is 0 Å².